The van der Waals surface area contributed by atoms with E-state index in [2.05, 4.69) is 45.3 Å². The number of allylic oxidation sites excluding steroid dienone is 3. The maximum Gasteiger partial charge on any atom is 0.00316 e. The van der Waals surface area contributed by atoms with Crippen LogP contribution in [0.1, 0.15) is 40.5 Å². The number of hydrogen-bond donors (Lipinski definition) is 0. The van der Waals surface area contributed by atoms with Crippen LogP contribution in [-0.4, -0.2) is 5.25 Å². The normalized spacial score (nSPS) is 11.1. The van der Waals surface area contributed by atoms with E-state index in [4.69, 9.17) is 0 Å². The van der Waals surface area contributed by atoms with Crippen LogP contribution in [0.25, 0.3) is 0 Å². The summed E-state index contributed by atoms with van der Waals surface area (Å²) in [4.78, 5) is 0. The molecule has 0 aliphatic rings. The van der Waals surface area contributed by atoms with Gasteiger partial charge in [-0.25, -0.2) is 0 Å². The lowest BCUT2D eigenvalue weighted by molar-refractivity contribution is 1.04. The molecule has 0 unspecified atom stereocenters. The van der Waals surface area contributed by atoms with Crippen molar-refractivity contribution in [2.75, 3.05) is 0 Å². The third-order valence-corrected chi connectivity index (χ3v) is 2.23. The summed E-state index contributed by atoms with van der Waals surface area (Å²) in [6, 6.07) is 0. The van der Waals surface area contributed by atoms with Gasteiger partial charge in [0.1, 0.15) is 0 Å². The first-order chi connectivity index (χ1) is 5.63. The van der Waals surface area contributed by atoms with Crippen LogP contribution in [0.2, 0.25) is 0 Å². The van der Waals surface area contributed by atoms with Gasteiger partial charge in [-0.3, -0.25) is 0 Å². The van der Waals surface area contributed by atoms with Gasteiger partial charge in [0.05, 0.1) is 0 Å². The summed E-state index contributed by atoms with van der Waals surface area (Å²) in [5.41, 5.74) is 1.42. The molecule has 0 fully saturated rings. The fraction of sp³-hybridized carbons (Fsp3) is 0.636. The first-order valence-electron chi connectivity index (χ1n) is 4.56. The van der Waals surface area contributed by atoms with Crippen molar-refractivity contribution in [3.8, 4) is 0 Å². The molecule has 0 atom stereocenters. The summed E-state index contributed by atoms with van der Waals surface area (Å²) in [5.74, 6) is 0. The highest BCUT2D eigenvalue weighted by Gasteiger charge is 1.86. The molecule has 0 amide bonds. The molecule has 0 heterocycles. The van der Waals surface area contributed by atoms with Gasteiger partial charge in [0, 0.05) is 5.25 Å². The molecule has 12 heavy (non-hydrogen) atoms. The van der Waals surface area contributed by atoms with Crippen molar-refractivity contribution in [1.82, 2.24) is 0 Å². The van der Waals surface area contributed by atoms with Gasteiger partial charge in [0.25, 0.3) is 0 Å². The summed E-state index contributed by atoms with van der Waals surface area (Å²) in [5, 5.41) is 2.92. The second-order valence-electron chi connectivity index (χ2n) is 3.42. The molecule has 70 valence electrons. The van der Waals surface area contributed by atoms with Crippen LogP contribution < -0.4 is 0 Å². The number of unbranched alkanes of at least 4 members (excludes halogenated alkanes) is 1. The zero-order valence-electron chi connectivity index (χ0n) is 8.63. The molecule has 0 aliphatic heterocycles. The van der Waals surface area contributed by atoms with Crippen molar-refractivity contribution in [3.05, 3.63) is 23.1 Å². The second kappa shape index (κ2) is 7.48. The van der Waals surface area contributed by atoms with E-state index in [9.17, 15) is 0 Å². The topological polar surface area (TPSA) is 0 Å². The van der Waals surface area contributed by atoms with Crippen LogP contribution in [0.15, 0.2) is 23.1 Å². The van der Waals surface area contributed by atoms with E-state index < -0.39 is 0 Å². The van der Waals surface area contributed by atoms with Crippen LogP contribution in [0, 0.1) is 0 Å². The third-order valence-electron chi connectivity index (χ3n) is 1.33. The quantitative estimate of drug-likeness (QED) is 0.451. The minimum atomic E-state index is 0.713. The van der Waals surface area contributed by atoms with Crippen LogP contribution in [-0.2, 0) is 0 Å². The van der Waals surface area contributed by atoms with Crippen molar-refractivity contribution < 1.29 is 0 Å². The van der Waals surface area contributed by atoms with Crippen molar-refractivity contribution in [2.45, 2.75) is 45.8 Å². The van der Waals surface area contributed by atoms with Crippen LogP contribution in [0.4, 0.5) is 0 Å². The Hall–Kier alpha value is -0.170. The molecule has 0 saturated carbocycles. The van der Waals surface area contributed by atoms with E-state index in [1.54, 1.807) is 0 Å². The molecule has 0 radical (unpaired) electrons. The van der Waals surface area contributed by atoms with Crippen molar-refractivity contribution in [1.29, 1.82) is 0 Å². The smallest absolute Gasteiger partial charge is 0.00316 e. The Morgan fingerprint density at radius 3 is 2.42 bits per heavy atom. The molecule has 0 rings (SSSR count). The molecule has 0 saturated heterocycles. The maximum absolute atomic E-state index is 2.28. The molecular weight excluding hydrogens is 164 g/mol. The average Bonchev–Trinajstić information content (AvgIpc) is 1.95. The van der Waals surface area contributed by atoms with Gasteiger partial charge in [-0.15, -0.1) is 11.8 Å². The Morgan fingerprint density at radius 2 is 1.92 bits per heavy atom. The van der Waals surface area contributed by atoms with E-state index in [0.717, 1.165) is 0 Å². The van der Waals surface area contributed by atoms with Crippen LogP contribution in [0.5, 0.6) is 0 Å². The van der Waals surface area contributed by atoms with E-state index in [1.165, 1.54) is 18.4 Å². The van der Waals surface area contributed by atoms with E-state index >= 15 is 0 Å². The fourth-order valence-electron chi connectivity index (χ4n) is 0.749. The predicted octanol–water partition coefficient (Wildman–Crippen LogP) is 4.39. The van der Waals surface area contributed by atoms with Gasteiger partial charge < -0.3 is 0 Å². The van der Waals surface area contributed by atoms with E-state index in [0.29, 0.717) is 5.25 Å². The minimum Gasteiger partial charge on any atom is -0.132 e. The molecular formula is C11H20S. The van der Waals surface area contributed by atoms with Crippen LogP contribution >= 0.6 is 11.8 Å². The lowest BCUT2D eigenvalue weighted by Gasteiger charge is -1.96. The first kappa shape index (κ1) is 11.8. The summed E-state index contributed by atoms with van der Waals surface area (Å²) in [6.45, 7) is 8.72. The van der Waals surface area contributed by atoms with Crippen molar-refractivity contribution >= 4 is 11.8 Å². The van der Waals surface area contributed by atoms with E-state index in [1.807, 2.05) is 11.8 Å². The number of thioether (sulfide) groups is 1. The Labute approximate surface area is 81.1 Å². The van der Waals surface area contributed by atoms with Crippen molar-refractivity contribution in [2.24, 2.45) is 0 Å². The molecule has 0 spiro atoms. The zero-order valence-corrected chi connectivity index (χ0v) is 9.45. The molecule has 0 aliphatic carbocycles. The standard InChI is InChI=1S/C11H20S/c1-10(2)8-6-5-7-9-12-11(3)4/h7-9,11H,5-6H2,1-4H3. The summed E-state index contributed by atoms with van der Waals surface area (Å²) < 4.78 is 0. The third kappa shape index (κ3) is 9.83. The van der Waals surface area contributed by atoms with Crippen molar-refractivity contribution in [3.63, 3.8) is 0 Å². The highest BCUT2D eigenvalue weighted by molar-refractivity contribution is 8.02. The lowest BCUT2D eigenvalue weighted by atomic mass is 10.2. The van der Waals surface area contributed by atoms with Gasteiger partial charge in [0.2, 0.25) is 0 Å². The van der Waals surface area contributed by atoms with Gasteiger partial charge in [-0.1, -0.05) is 31.6 Å². The Balaban J connectivity index is 3.31. The van der Waals surface area contributed by atoms with Crippen LogP contribution in [0.3, 0.4) is 0 Å². The van der Waals surface area contributed by atoms with E-state index in [-0.39, 0.29) is 0 Å². The van der Waals surface area contributed by atoms with Gasteiger partial charge in [-0.05, 0) is 32.1 Å². The largest absolute Gasteiger partial charge is 0.132 e. The SMILES string of the molecule is CC(C)=CCCC=CSC(C)C. The molecule has 0 aromatic rings. The first-order valence-corrected chi connectivity index (χ1v) is 5.51. The monoisotopic (exact) mass is 184 g/mol. The molecule has 0 aromatic heterocycles. The minimum absolute atomic E-state index is 0.713. The Kier molecular flexibility index (Phi) is 7.37. The summed E-state index contributed by atoms with van der Waals surface area (Å²) in [6.07, 6.45) is 6.89. The summed E-state index contributed by atoms with van der Waals surface area (Å²) >= 11 is 1.89. The highest BCUT2D eigenvalue weighted by Crippen LogP contribution is 2.11. The lowest BCUT2D eigenvalue weighted by Crippen LogP contribution is -1.80. The highest BCUT2D eigenvalue weighted by atomic mass is 32.2. The second-order valence-corrected chi connectivity index (χ2v) is 4.90. The summed E-state index contributed by atoms with van der Waals surface area (Å²) in [7, 11) is 0. The number of hydrogen-bond acceptors (Lipinski definition) is 1. The Morgan fingerprint density at radius 1 is 1.25 bits per heavy atom. The molecule has 0 aromatic carbocycles. The molecule has 0 N–H and O–H groups in total. The molecule has 0 nitrogen and oxygen atoms in total. The maximum atomic E-state index is 2.28. The fourth-order valence-corrected chi connectivity index (χ4v) is 1.31. The zero-order chi connectivity index (χ0) is 9.40. The van der Waals surface area contributed by atoms with Gasteiger partial charge >= 0.3 is 0 Å². The number of rotatable bonds is 5. The average molecular weight is 184 g/mol. The van der Waals surface area contributed by atoms with Gasteiger partial charge in [0.15, 0.2) is 0 Å². The predicted molar refractivity (Wildman–Crippen MR) is 60.5 cm³/mol. The molecule has 0 bridgehead atoms. The molecule has 1 heteroatoms. The van der Waals surface area contributed by atoms with Gasteiger partial charge in [-0.2, -0.15) is 0 Å². The Bertz CT molecular complexity index is 150.